The van der Waals surface area contributed by atoms with E-state index in [0.717, 1.165) is 37.9 Å². The lowest BCUT2D eigenvalue weighted by Crippen LogP contribution is -1.97. The molecule has 0 saturated carbocycles. The normalized spacial score (nSPS) is 10.5. The molecule has 0 fully saturated rings. The summed E-state index contributed by atoms with van der Waals surface area (Å²) >= 11 is 5.02. The van der Waals surface area contributed by atoms with Crippen LogP contribution in [0.25, 0.3) is 11.3 Å². The Balaban J connectivity index is 1.68. The Hall–Kier alpha value is -2.38. The second kappa shape index (κ2) is 8.33. The molecule has 1 aromatic heterocycles. The van der Waals surface area contributed by atoms with E-state index < -0.39 is 5.97 Å². The molecule has 2 aromatic carbocycles. The standard InChI is InChI=1S/C19H17BrN2O3S/c1-25-17-8-5-13(10-15(17)20)16-11-26-19(22-16)21-14-6-2-12(3-7-14)4-9-18(23)24/h2-3,5-8,10-11H,4,9H2,1H3,(H,21,22)(H,23,24). The number of nitrogens with zero attached hydrogens (tertiary/aromatic N) is 1. The first-order valence-corrected chi connectivity index (χ1v) is 9.59. The number of thiazole rings is 1. The Morgan fingerprint density at radius 1 is 1.27 bits per heavy atom. The number of hydrogen-bond donors (Lipinski definition) is 2. The molecule has 0 aliphatic heterocycles. The summed E-state index contributed by atoms with van der Waals surface area (Å²) in [6.45, 7) is 0. The van der Waals surface area contributed by atoms with Gasteiger partial charge in [0, 0.05) is 23.1 Å². The minimum Gasteiger partial charge on any atom is -0.496 e. The Kier molecular flexibility index (Phi) is 5.90. The summed E-state index contributed by atoms with van der Waals surface area (Å²) in [5, 5.41) is 14.8. The van der Waals surface area contributed by atoms with Crippen LogP contribution < -0.4 is 10.1 Å². The average molecular weight is 433 g/mol. The number of carbonyl (C=O) groups is 1. The van der Waals surface area contributed by atoms with E-state index in [1.54, 1.807) is 7.11 Å². The number of hydrogen-bond acceptors (Lipinski definition) is 5. The molecule has 0 atom stereocenters. The highest BCUT2D eigenvalue weighted by Gasteiger charge is 2.08. The maximum absolute atomic E-state index is 10.6. The first kappa shape index (κ1) is 18.4. The van der Waals surface area contributed by atoms with Gasteiger partial charge in [-0.2, -0.15) is 0 Å². The molecule has 1 heterocycles. The van der Waals surface area contributed by atoms with Crippen LogP contribution in [0.5, 0.6) is 5.75 Å². The summed E-state index contributed by atoms with van der Waals surface area (Å²) in [7, 11) is 1.64. The topological polar surface area (TPSA) is 71.5 Å². The van der Waals surface area contributed by atoms with Crippen molar-refractivity contribution in [3.8, 4) is 17.0 Å². The second-order valence-corrected chi connectivity index (χ2v) is 7.32. The van der Waals surface area contributed by atoms with Crippen LogP contribution in [0.3, 0.4) is 0 Å². The number of anilines is 2. The SMILES string of the molecule is COc1ccc(-c2csc(Nc3ccc(CCC(=O)O)cc3)n2)cc1Br. The van der Waals surface area contributed by atoms with E-state index in [1.165, 1.54) is 11.3 Å². The number of halogens is 1. The van der Waals surface area contributed by atoms with Gasteiger partial charge in [0.15, 0.2) is 5.13 Å². The molecule has 0 amide bonds. The van der Waals surface area contributed by atoms with Crippen LogP contribution in [-0.4, -0.2) is 23.2 Å². The number of benzene rings is 2. The van der Waals surface area contributed by atoms with Crippen molar-refractivity contribution in [2.24, 2.45) is 0 Å². The van der Waals surface area contributed by atoms with Crippen LogP contribution in [0.1, 0.15) is 12.0 Å². The third-order valence-electron chi connectivity index (χ3n) is 3.78. The maximum atomic E-state index is 10.6. The number of nitrogens with one attached hydrogen (secondary N) is 1. The predicted octanol–water partition coefficient (Wildman–Crippen LogP) is 5.34. The predicted molar refractivity (Wildman–Crippen MR) is 107 cm³/mol. The molecular weight excluding hydrogens is 416 g/mol. The molecule has 3 rings (SSSR count). The van der Waals surface area contributed by atoms with Gasteiger partial charge < -0.3 is 15.2 Å². The number of aromatic nitrogens is 1. The second-order valence-electron chi connectivity index (χ2n) is 5.60. The van der Waals surface area contributed by atoms with Crippen molar-refractivity contribution in [3.05, 3.63) is 57.9 Å². The Bertz CT molecular complexity index is 909. The largest absolute Gasteiger partial charge is 0.496 e. The van der Waals surface area contributed by atoms with Gasteiger partial charge in [-0.05, 0) is 58.2 Å². The van der Waals surface area contributed by atoms with Gasteiger partial charge in [0.1, 0.15) is 5.75 Å². The highest BCUT2D eigenvalue weighted by molar-refractivity contribution is 9.10. The smallest absolute Gasteiger partial charge is 0.303 e. The lowest BCUT2D eigenvalue weighted by Gasteiger charge is -2.05. The van der Waals surface area contributed by atoms with Crippen LogP contribution >= 0.6 is 27.3 Å². The van der Waals surface area contributed by atoms with Crippen molar-refractivity contribution in [2.45, 2.75) is 12.8 Å². The van der Waals surface area contributed by atoms with E-state index in [0.29, 0.717) is 6.42 Å². The minimum atomic E-state index is -0.785. The number of rotatable bonds is 7. The molecule has 26 heavy (non-hydrogen) atoms. The molecule has 0 aliphatic carbocycles. The summed E-state index contributed by atoms with van der Waals surface area (Å²) in [6.07, 6.45) is 0.670. The minimum absolute atomic E-state index is 0.139. The molecule has 5 nitrogen and oxygen atoms in total. The number of carboxylic acids is 1. The zero-order chi connectivity index (χ0) is 18.5. The lowest BCUT2D eigenvalue weighted by atomic mass is 10.1. The van der Waals surface area contributed by atoms with E-state index >= 15 is 0 Å². The summed E-state index contributed by atoms with van der Waals surface area (Å²) in [6, 6.07) is 13.6. The summed E-state index contributed by atoms with van der Waals surface area (Å²) in [5.41, 5.74) is 3.81. The molecule has 0 spiro atoms. The van der Waals surface area contributed by atoms with Crippen molar-refractivity contribution in [3.63, 3.8) is 0 Å². The van der Waals surface area contributed by atoms with Gasteiger partial charge in [-0.1, -0.05) is 12.1 Å². The third kappa shape index (κ3) is 4.62. The number of ether oxygens (including phenoxy) is 1. The van der Waals surface area contributed by atoms with Crippen LogP contribution in [0.15, 0.2) is 52.3 Å². The molecule has 0 saturated heterocycles. The Labute approximate surface area is 163 Å². The van der Waals surface area contributed by atoms with Crippen LogP contribution in [0.4, 0.5) is 10.8 Å². The number of methoxy groups -OCH3 is 1. The quantitative estimate of drug-likeness (QED) is 0.526. The van der Waals surface area contributed by atoms with E-state index in [2.05, 4.69) is 26.2 Å². The number of aliphatic carboxylic acids is 1. The van der Waals surface area contributed by atoms with Crippen LogP contribution in [-0.2, 0) is 11.2 Å². The van der Waals surface area contributed by atoms with Gasteiger partial charge in [-0.25, -0.2) is 4.98 Å². The highest BCUT2D eigenvalue weighted by Crippen LogP contribution is 2.32. The molecule has 2 N–H and O–H groups in total. The molecule has 3 aromatic rings. The van der Waals surface area contributed by atoms with Crippen molar-refractivity contribution in [2.75, 3.05) is 12.4 Å². The van der Waals surface area contributed by atoms with Crippen molar-refractivity contribution < 1.29 is 14.6 Å². The summed E-state index contributed by atoms with van der Waals surface area (Å²) in [4.78, 5) is 15.3. The van der Waals surface area contributed by atoms with Gasteiger partial charge in [-0.15, -0.1) is 11.3 Å². The Morgan fingerprint density at radius 3 is 2.69 bits per heavy atom. The highest BCUT2D eigenvalue weighted by atomic mass is 79.9. The van der Waals surface area contributed by atoms with Crippen LogP contribution in [0.2, 0.25) is 0 Å². The monoisotopic (exact) mass is 432 g/mol. The molecule has 7 heteroatoms. The Morgan fingerprint density at radius 2 is 2.04 bits per heavy atom. The van der Waals surface area contributed by atoms with E-state index in [-0.39, 0.29) is 6.42 Å². The molecule has 0 aliphatic rings. The number of aryl methyl sites for hydroxylation is 1. The van der Waals surface area contributed by atoms with Gasteiger partial charge in [0.2, 0.25) is 0 Å². The fourth-order valence-corrected chi connectivity index (χ4v) is 3.70. The van der Waals surface area contributed by atoms with Gasteiger partial charge in [0.25, 0.3) is 0 Å². The summed E-state index contributed by atoms with van der Waals surface area (Å²) < 4.78 is 6.14. The summed E-state index contributed by atoms with van der Waals surface area (Å²) in [5.74, 6) is -0.00185. The van der Waals surface area contributed by atoms with Gasteiger partial charge in [0.05, 0.1) is 17.3 Å². The maximum Gasteiger partial charge on any atom is 0.303 e. The lowest BCUT2D eigenvalue weighted by molar-refractivity contribution is -0.136. The van der Waals surface area contributed by atoms with Crippen molar-refractivity contribution in [1.29, 1.82) is 0 Å². The molecule has 0 radical (unpaired) electrons. The van der Waals surface area contributed by atoms with Gasteiger partial charge in [-0.3, -0.25) is 4.79 Å². The van der Waals surface area contributed by atoms with E-state index in [9.17, 15) is 4.79 Å². The van der Waals surface area contributed by atoms with Gasteiger partial charge >= 0.3 is 5.97 Å². The fraction of sp³-hybridized carbons (Fsp3) is 0.158. The molecular formula is C19H17BrN2O3S. The third-order valence-corrected chi connectivity index (χ3v) is 5.16. The van der Waals surface area contributed by atoms with Crippen molar-refractivity contribution >= 4 is 44.1 Å². The van der Waals surface area contributed by atoms with E-state index in [4.69, 9.17) is 9.84 Å². The first-order valence-electron chi connectivity index (χ1n) is 7.92. The van der Waals surface area contributed by atoms with Crippen LogP contribution in [0, 0.1) is 0 Å². The molecule has 134 valence electrons. The first-order chi connectivity index (χ1) is 12.5. The number of carboxylic acid groups (broad SMARTS) is 1. The molecule has 0 bridgehead atoms. The average Bonchev–Trinajstić information content (AvgIpc) is 3.09. The zero-order valence-electron chi connectivity index (χ0n) is 14.0. The van der Waals surface area contributed by atoms with Crippen molar-refractivity contribution in [1.82, 2.24) is 4.98 Å². The fourth-order valence-electron chi connectivity index (χ4n) is 2.42. The molecule has 0 unspecified atom stereocenters. The van der Waals surface area contributed by atoms with E-state index in [1.807, 2.05) is 47.8 Å². The zero-order valence-corrected chi connectivity index (χ0v) is 16.4.